The molecule has 0 saturated heterocycles. The van der Waals surface area contributed by atoms with Gasteiger partial charge in [-0.15, -0.1) is 0 Å². The van der Waals surface area contributed by atoms with E-state index in [0.717, 1.165) is 5.56 Å². The Morgan fingerprint density at radius 2 is 2.31 bits per heavy atom. The second-order valence-electron chi connectivity index (χ2n) is 3.91. The molecule has 1 heterocycles. The molecule has 1 aromatic heterocycles. The molecule has 0 aliphatic carbocycles. The molecule has 0 unspecified atom stereocenters. The number of aromatic nitrogens is 1. The van der Waals surface area contributed by atoms with Gasteiger partial charge in [-0.1, -0.05) is 6.07 Å². The summed E-state index contributed by atoms with van der Waals surface area (Å²) in [6.45, 7) is 5.52. The average Bonchev–Trinajstić information content (AvgIpc) is 2.29. The average molecular weight is 219 g/mol. The van der Waals surface area contributed by atoms with Crippen molar-refractivity contribution < 1.29 is 5.11 Å². The molecule has 0 saturated carbocycles. The van der Waals surface area contributed by atoms with Gasteiger partial charge < -0.3 is 5.11 Å². The second-order valence-corrected chi connectivity index (χ2v) is 3.91. The Bertz CT molecular complexity index is 371. The maximum Gasteiger partial charge on any atom is 0.144 e. The Balaban J connectivity index is 2.81. The summed E-state index contributed by atoms with van der Waals surface area (Å²) in [6, 6.07) is 6.14. The third kappa shape index (κ3) is 3.30. The van der Waals surface area contributed by atoms with Crippen molar-refractivity contribution in [3.8, 4) is 6.07 Å². The van der Waals surface area contributed by atoms with E-state index >= 15 is 0 Å². The highest BCUT2D eigenvalue weighted by molar-refractivity contribution is 5.30. The Kier molecular flexibility index (Phi) is 4.90. The molecule has 0 bridgehead atoms. The molecule has 86 valence electrons. The molecule has 0 radical (unpaired) electrons. The number of nitriles is 1. The van der Waals surface area contributed by atoms with Crippen molar-refractivity contribution in [1.29, 1.82) is 5.26 Å². The highest BCUT2D eigenvalue weighted by atomic mass is 16.3. The Hall–Kier alpha value is -1.44. The molecule has 0 amide bonds. The Morgan fingerprint density at radius 3 is 2.88 bits per heavy atom. The number of hydrogen-bond donors (Lipinski definition) is 1. The van der Waals surface area contributed by atoms with E-state index < -0.39 is 0 Å². The minimum Gasteiger partial charge on any atom is -0.395 e. The molecule has 0 fully saturated rings. The van der Waals surface area contributed by atoms with Gasteiger partial charge in [0, 0.05) is 30.9 Å². The molecule has 0 aromatic carbocycles. The molecule has 4 nitrogen and oxygen atoms in total. The summed E-state index contributed by atoms with van der Waals surface area (Å²) in [4.78, 5) is 6.13. The van der Waals surface area contributed by atoms with Crippen LogP contribution in [0.3, 0.4) is 0 Å². The number of aliphatic hydroxyl groups is 1. The van der Waals surface area contributed by atoms with Crippen LogP contribution in [-0.4, -0.2) is 34.2 Å². The van der Waals surface area contributed by atoms with Crippen LogP contribution in [0.1, 0.15) is 25.1 Å². The lowest BCUT2D eigenvalue weighted by Gasteiger charge is -2.25. The van der Waals surface area contributed by atoms with Gasteiger partial charge in [0.1, 0.15) is 11.8 Å². The van der Waals surface area contributed by atoms with Gasteiger partial charge in [0.25, 0.3) is 0 Å². The van der Waals surface area contributed by atoms with E-state index in [1.54, 1.807) is 6.20 Å². The zero-order valence-electron chi connectivity index (χ0n) is 9.72. The number of aliphatic hydroxyl groups excluding tert-OH is 1. The summed E-state index contributed by atoms with van der Waals surface area (Å²) in [5.41, 5.74) is 1.37. The highest BCUT2D eigenvalue weighted by Crippen LogP contribution is 2.10. The first-order valence-corrected chi connectivity index (χ1v) is 5.38. The first kappa shape index (κ1) is 12.6. The van der Waals surface area contributed by atoms with Crippen LogP contribution >= 0.6 is 0 Å². The SMILES string of the molecule is CC(C)N(CCO)Cc1cccnc1C#N. The van der Waals surface area contributed by atoms with Gasteiger partial charge in [-0.25, -0.2) is 4.98 Å². The quantitative estimate of drug-likeness (QED) is 0.807. The molecule has 0 aliphatic rings. The van der Waals surface area contributed by atoms with Gasteiger partial charge in [0.2, 0.25) is 0 Å². The summed E-state index contributed by atoms with van der Waals surface area (Å²) in [7, 11) is 0. The second kappa shape index (κ2) is 6.21. The molecule has 4 heteroatoms. The maximum absolute atomic E-state index is 8.97. The topological polar surface area (TPSA) is 60.1 Å². The van der Waals surface area contributed by atoms with E-state index in [9.17, 15) is 0 Å². The van der Waals surface area contributed by atoms with E-state index in [-0.39, 0.29) is 6.61 Å². The minimum atomic E-state index is 0.125. The van der Waals surface area contributed by atoms with Crippen molar-refractivity contribution in [2.24, 2.45) is 0 Å². The van der Waals surface area contributed by atoms with Crippen LogP contribution in [0.15, 0.2) is 18.3 Å². The largest absolute Gasteiger partial charge is 0.395 e. The predicted octanol–water partition coefficient (Wildman–Crippen LogP) is 1.16. The van der Waals surface area contributed by atoms with Gasteiger partial charge in [-0.05, 0) is 19.9 Å². The van der Waals surface area contributed by atoms with E-state index in [1.807, 2.05) is 12.1 Å². The fourth-order valence-corrected chi connectivity index (χ4v) is 1.53. The van der Waals surface area contributed by atoms with Gasteiger partial charge in [-0.3, -0.25) is 4.90 Å². The smallest absolute Gasteiger partial charge is 0.144 e. The van der Waals surface area contributed by atoms with Crippen LogP contribution in [0.5, 0.6) is 0 Å². The summed E-state index contributed by atoms with van der Waals surface area (Å²) in [5.74, 6) is 0. The van der Waals surface area contributed by atoms with Crippen LogP contribution in [-0.2, 0) is 6.54 Å². The standard InChI is InChI=1S/C12H17N3O/c1-10(2)15(6-7-16)9-11-4-3-5-14-12(11)8-13/h3-5,10,16H,6-7,9H2,1-2H3. The fraction of sp³-hybridized carbons (Fsp3) is 0.500. The normalized spacial score (nSPS) is 10.8. The molecule has 0 atom stereocenters. The number of rotatable bonds is 5. The van der Waals surface area contributed by atoms with Gasteiger partial charge in [0.15, 0.2) is 0 Å². The van der Waals surface area contributed by atoms with E-state index in [0.29, 0.717) is 24.8 Å². The van der Waals surface area contributed by atoms with Crippen LogP contribution in [0.2, 0.25) is 0 Å². The van der Waals surface area contributed by atoms with Crippen LogP contribution in [0.4, 0.5) is 0 Å². The third-order valence-electron chi connectivity index (χ3n) is 2.49. The molecular weight excluding hydrogens is 202 g/mol. The molecule has 1 rings (SSSR count). The Labute approximate surface area is 96.2 Å². The lowest BCUT2D eigenvalue weighted by atomic mass is 10.1. The van der Waals surface area contributed by atoms with Crippen LogP contribution < -0.4 is 0 Å². The van der Waals surface area contributed by atoms with Crippen molar-refractivity contribution in [3.05, 3.63) is 29.6 Å². The third-order valence-corrected chi connectivity index (χ3v) is 2.49. The summed E-state index contributed by atoms with van der Waals surface area (Å²) >= 11 is 0. The molecule has 1 aromatic rings. The van der Waals surface area contributed by atoms with Crippen LogP contribution in [0, 0.1) is 11.3 Å². The maximum atomic E-state index is 8.97. The Morgan fingerprint density at radius 1 is 1.56 bits per heavy atom. The van der Waals surface area contributed by atoms with E-state index in [2.05, 4.69) is 29.8 Å². The first-order valence-electron chi connectivity index (χ1n) is 5.38. The number of nitrogens with zero attached hydrogens (tertiary/aromatic N) is 3. The number of hydrogen-bond acceptors (Lipinski definition) is 4. The number of pyridine rings is 1. The van der Waals surface area contributed by atoms with Crippen molar-refractivity contribution in [3.63, 3.8) is 0 Å². The molecule has 1 N–H and O–H groups in total. The lowest BCUT2D eigenvalue weighted by molar-refractivity contribution is 0.159. The van der Waals surface area contributed by atoms with Crippen molar-refractivity contribution in [1.82, 2.24) is 9.88 Å². The fourth-order valence-electron chi connectivity index (χ4n) is 1.53. The van der Waals surface area contributed by atoms with Crippen molar-refractivity contribution in [2.75, 3.05) is 13.2 Å². The zero-order valence-corrected chi connectivity index (χ0v) is 9.72. The summed E-state index contributed by atoms with van der Waals surface area (Å²) in [6.07, 6.45) is 1.62. The first-order chi connectivity index (χ1) is 7.69. The highest BCUT2D eigenvalue weighted by Gasteiger charge is 2.12. The summed E-state index contributed by atoms with van der Waals surface area (Å²) < 4.78 is 0. The monoisotopic (exact) mass is 219 g/mol. The van der Waals surface area contributed by atoms with E-state index in [4.69, 9.17) is 10.4 Å². The zero-order chi connectivity index (χ0) is 12.0. The van der Waals surface area contributed by atoms with Crippen molar-refractivity contribution in [2.45, 2.75) is 26.4 Å². The van der Waals surface area contributed by atoms with Crippen molar-refractivity contribution >= 4 is 0 Å². The van der Waals surface area contributed by atoms with Crippen LogP contribution in [0.25, 0.3) is 0 Å². The van der Waals surface area contributed by atoms with Gasteiger partial charge in [0.05, 0.1) is 6.61 Å². The molecule has 0 aliphatic heterocycles. The molecular formula is C12H17N3O. The lowest BCUT2D eigenvalue weighted by Crippen LogP contribution is -2.33. The molecule has 0 spiro atoms. The van der Waals surface area contributed by atoms with E-state index in [1.165, 1.54) is 0 Å². The van der Waals surface area contributed by atoms with Gasteiger partial charge >= 0.3 is 0 Å². The molecule has 16 heavy (non-hydrogen) atoms. The predicted molar refractivity (Wildman–Crippen MR) is 61.6 cm³/mol. The minimum absolute atomic E-state index is 0.125. The van der Waals surface area contributed by atoms with Gasteiger partial charge in [-0.2, -0.15) is 5.26 Å². The summed E-state index contributed by atoms with van der Waals surface area (Å²) in [5, 5.41) is 17.9.